The molecule has 2 aromatic rings. The Bertz CT molecular complexity index is 664. The first-order valence-corrected chi connectivity index (χ1v) is 8.88. The van der Waals surface area contributed by atoms with E-state index in [1.165, 1.54) is 5.56 Å². The van der Waals surface area contributed by atoms with Gasteiger partial charge in [0.1, 0.15) is 0 Å². The first-order valence-electron chi connectivity index (χ1n) is 7.71. The zero-order chi connectivity index (χ0) is 16.1. The van der Waals surface area contributed by atoms with Crippen LogP contribution in [-0.2, 0) is 6.54 Å². The van der Waals surface area contributed by atoms with Crippen LogP contribution in [0, 0.1) is 0 Å². The molecule has 5 heteroatoms. The predicted molar refractivity (Wildman–Crippen MR) is 100 cm³/mol. The average molecular weight is 393 g/mol. The maximum atomic E-state index is 5.93. The number of nitrogens with zero attached hydrogens (tertiary/aromatic N) is 3. The van der Waals surface area contributed by atoms with E-state index in [1.54, 1.807) is 0 Å². The Balaban J connectivity index is 1.50. The van der Waals surface area contributed by atoms with Gasteiger partial charge in [0.15, 0.2) is 0 Å². The summed E-state index contributed by atoms with van der Waals surface area (Å²) >= 11 is 9.48. The first-order chi connectivity index (χ1) is 11.2. The molecular formula is C18H19BrClN3. The monoisotopic (exact) mass is 391 g/mol. The molecule has 0 spiro atoms. The summed E-state index contributed by atoms with van der Waals surface area (Å²) in [6.07, 6.45) is 1.93. The highest BCUT2D eigenvalue weighted by Gasteiger charge is 2.15. The number of benzene rings is 2. The molecule has 3 nitrogen and oxygen atoms in total. The molecule has 0 radical (unpaired) electrons. The van der Waals surface area contributed by atoms with Crippen molar-refractivity contribution in [3.8, 4) is 0 Å². The lowest BCUT2D eigenvalue weighted by molar-refractivity contribution is 0.131. The summed E-state index contributed by atoms with van der Waals surface area (Å²) in [7, 11) is 0. The summed E-state index contributed by atoms with van der Waals surface area (Å²) in [5.41, 5.74) is 2.41. The zero-order valence-electron chi connectivity index (χ0n) is 12.8. The number of hydrogen-bond acceptors (Lipinski definition) is 3. The Morgan fingerprint density at radius 3 is 2.39 bits per heavy atom. The Hall–Kier alpha value is -1.36. The molecule has 1 saturated heterocycles. The van der Waals surface area contributed by atoms with Crippen LogP contribution in [0.15, 0.2) is 58.1 Å². The third-order valence-corrected chi connectivity index (χ3v) is 4.91. The topological polar surface area (TPSA) is 18.8 Å². The van der Waals surface area contributed by atoms with Gasteiger partial charge < -0.3 is 0 Å². The molecular weight excluding hydrogens is 374 g/mol. The van der Waals surface area contributed by atoms with Crippen molar-refractivity contribution in [3.05, 3.63) is 69.2 Å². The smallest absolute Gasteiger partial charge is 0.0554 e. The van der Waals surface area contributed by atoms with Gasteiger partial charge in [0, 0.05) is 47.8 Å². The van der Waals surface area contributed by atoms with Crippen LogP contribution in [0.5, 0.6) is 0 Å². The van der Waals surface area contributed by atoms with E-state index in [-0.39, 0.29) is 0 Å². The molecule has 1 heterocycles. The van der Waals surface area contributed by atoms with Crippen LogP contribution in [0.3, 0.4) is 0 Å². The summed E-state index contributed by atoms with van der Waals surface area (Å²) in [5.74, 6) is 0. The fraction of sp³-hybridized carbons (Fsp3) is 0.278. The van der Waals surface area contributed by atoms with Crippen molar-refractivity contribution >= 4 is 33.7 Å². The fourth-order valence-electron chi connectivity index (χ4n) is 2.58. The SMILES string of the molecule is Clc1ccc(CN2CCN(/N=C\c3ccccc3Br)CC2)cc1. The van der Waals surface area contributed by atoms with Gasteiger partial charge in [-0.25, -0.2) is 0 Å². The van der Waals surface area contributed by atoms with E-state index in [0.29, 0.717) is 0 Å². The van der Waals surface area contributed by atoms with Crippen LogP contribution in [0.2, 0.25) is 5.02 Å². The second kappa shape index (κ2) is 7.95. The molecule has 0 aromatic heterocycles. The Labute approximate surface area is 150 Å². The number of piperazine rings is 1. The molecule has 0 atom stereocenters. The number of hydrazone groups is 1. The largest absolute Gasteiger partial charge is 0.295 e. The lowest BCUT2D eigenvalue weighted by Crippen LogP contribution is -2.43. The molecule has 0 amide bonds. The first kappa shape index (κ1) is 16.5. The lowest BCUT2D eigenvalue weighted by Gasteiger charge is -2.33. The molecule has 1 aliphatic rings. The summed E-state index contributed by atoms with van der Waals surface area (Å²) in [4.78, 5) is 2.45. The van der Waals surface area contributed by atoms with Gasteiger partial charge in [0.2, 0.25) is 0 Å². The normalized spacial score (nSPS) is 16.2. The van der Waals surface area contributed by atoms with Gasteiger partial charge >= 0.3 is 0 Å². The summed E-state index contributed by atoms with van der Waals surface area (Å²) in [6, 6.07) is 16.2. The van der Waals surface area contributed by atoms with Crippen molar-refractivity contribution < 1.29 is 0 Å². The highest BCUT2D eigenvalue weighted by Crippen LogP contribution is 2.15. The fourth-order valence-corrected chi connectivity index (χ4v) is 3.10. The highest BCUT2D eigenvalue weighted by molar-refractivity contribution is 9.10. The van der Waals surface area contributed by atoms with Crippen molar-refractivity contribution in [1.82, 2.24) is 9.91 Å². The van der Waals surface area contributed by atoms with Crippen LogP contribution < -0.4 is 0 Å². The molecule has 1 fully saturated rings. The van der Waals surface area contributed by atoms with Gasteiger partial charge in [-0.05, 0) is 23.8 Å². The molecule has 0 aliphatic carbocycles. The van der Waals surface area contributed by atoms with Crippen molar-refractivity contribution in [2.24, 2.45) is 5.10 Å². The van der Waals surface area contributed by atoms with Crippen molar-refractivity contribution in [2.45, 2.75) is 6.54 Å². The van der Waals surface area contributed by atoms with Crippen LogP contribution in [0.25, 0.3) is 0 Å². The zero-order valence-corrected chi connectivity index (χ0v) is 15.2. The standard InChI is InChI=1S/C18H19BrClN3/c19-18-4-2-1-3-16(18)13-21-23-11-9-22(10-12-23)14-15-5-7-17(20)8-6-15/h1-8,13H,9-12,14H2/b21-13-. The van der Waals surface area contributed by atoms with E-state index in [0.717, 1.165) is 47.8 Å². The van der Waals surface area contributed by atoms with E-state index >= 15 is 0 Å². The molecule has 3 rings (SSSR count). The Morgan fingerprint density at radius 2 is 1.70 bits per heavy atom. The van der Waals surface area contributed by atoms with Crippen molar-refractivity contribution in [1.29, 1.82) is 0 Å². The number of hydrogen-bond donors (Lipinski definition) is 0. The van der Waals surface area contributed by atoms with Crippen LogP contribution in [0.1, 0.15) is 11.1 Å². The third-order valence-electron chi connectivity index (χ3n) is 3.93. The van der Waals surface area contributed by atoms with Gasteiger partial charge in [-0.15, -0.1) is 0 Å². The lowest BCUT2D eigenvalue weighted by atomic mass is 10.2. The van der Waals surface area contributed by atoms with Crippen molar-refractivity contribution in [2.75, 3.05) is 26.2 Å². The number of rotatable bonds is 4. The second-order valence-electron chi connectivity index (χ2n) is 5.62. The van der Waals surface area contributed by atoms with Crippen LogP contribution in [0.4, 0.5) is 0 Å². The Morgan fingerprint density at radius 1 is 1.00 bits per heavy atom. The molecule has 2 aromatic carbocycles. The summed E-state index contributed by atoms with van der Waals surface area (Å²) in [6.45, 7) is 4.92. The molecule has 23 heavy (non-hydrogen) atoms. The van der Waals surface area contributed by atoms with Gasteiger partial charge in [-0.2, -0.15) is 5.10 Å². The maximum Gasteiger partial charge on any atom is 0.0554 e. The predicted octanol–water partition coefficient (Wildman–Crippen LogP) is 4.25. The molecule has 0 unspecified atom stereocenters. The molecule has 120 valence electrons. The summed E-state index contributed by atoms with van der Waals surface area (Å²) < 4.78 is 1.07. The molecule has 0 saturated carbocycles. The van der Waals surface area contributed by atoms with E-state index in [1.807, 2.05) is 36.5 Å². The highest BCUT2D eigenvalue weighted by atomic mass is 79.9. The quantitative estimate of drug-likeness (QED) is 0.724. The second-order valence-corrected chi connectivity index (χ2v) is 6.91. The molecule has 1 aliphatic heterocycles. The minimum atomic E-state index is 0.792. The number of halogens is 2. The summed E-state index contributed by atoms with van der Waals surface area (Å²) in [5, 5.41) is 7.53. The average Bonchev–Trinajstić information content (AvgIpc) is 2.58. The van der Waals surface area contributed by atoms with Crippen LogP contribution >= 0.6 is 27.5 Å². The molecule has 0 bridgehead atoms. The minimum Gasteiger partial charge on any atom is -0.295 e. The van der Waals surface area contributed by atoms with E-state index in [2.05, 4.69) is 49.1 Å². The Kier molecular flexibility index (Phi) is 5.70. The van der Waals surface area contributed by atoms with Crippen molar-refractivity contribution in [3.63, 3.8) is 0 Å². The van der Waals surface area contributed by atoms with Gasteiger partial charge in [-0.1, -0.05) is 57.9 Å². The van der Waals surface area contributed by atoms with Crippen LogP contribution in [-0.4, -0.2) is 42.3 Å². The van der Waals surface area contributed by atoms with Gasteiger partial charge in [0.05, 0.1) is 6.21 Å². The third kappa shape index (κ3) is 4.80. The molecule has 0 N–H and O–H groups in total. The maximum absolute atomic E-state index is 5.93. The minimum absolute atomic E-state index is 0.792. The van der Waals surface area contributed by atoms with Gasteiger partial charge in [0.25, 0.3) is 0 Å². The van der Waals surface area contributed by atoms with E-state index in [4.69, 9.17) is 11.6 Å². The van der Waals surface area contributed by atoms with E-state index < -0.39 is 0 Å². The van der Waals surface area contributed by atoms with Gasteiger partial charge in [-0.3, -0.25) is 9.91 Å². The van der Waals surface area contributed by atoms with E-state index in [9.17, 15) is 0 Å².